The summed E-state index contributed by atoms with van der Waals surface area (Å²) in [4.78, 5) is 17.1. The van der Waals surface area contributed by atoms with Crippen molar-refractivity contribution in [1.29, 1.82) is 0 Å². The number of aryl methyl sites for hydroxylation is 1. The molecule has 1 aliphatic rings. The van der Waals surface area contributed by atoms with Gasteiger partial charge in [-0.25, -0.2) is 0 Å². The van der Waals surface area contributed by atoms with Gasteiger partial charge in [0.2, 0.25) is 0 Å². The number of nitrogens with zero attached hydrogens (tertiary/aromatic N) is 5. The fraction of sp³-hybridized carbons (Fsp3) is 0.500. The molecule has 1 saturated heterocycles. The zero-order chi connectivity index (χ0) is 18.0. The number of ether oxygens (including phenoxy) is 1. The minimum Gasteiger partial charge on any atom is -0.380 e. The molecule has 7 nitrogen and oxygen atoms in total. The standard InChI is InChI=1S/C18H25N5O2/c1-21(2)10-13-6-5-7-14(8-13)18(24)23-11-15(25-4)9-16(23)17-20-19-12-22(17)3/h5-8,12,15-16H,9-11H2,1-4H3/t15-,16+/m1/s1. The first-order valence-corrected chi connectivity index (χ1v) is 8.41. The smallest absolute Gasteiger partial charge is 0.254 e. The molecule has 0 bridgehead atoms. The van der Waals surface area contributed by atoms with Crippen LogP contribution in [0.1, 0.15) is 34.2 Å². The topological polar surface area (TPSA) is 63.5 Å². The number of benzene rings is 1. The van der Waals surface area contributed by atoms with Gasteiger partial charge in [0.25, 0.3) is 5.91 Å². The van der Waals surface area contributed by atoms with Crippen LogP contribution in [-0.2, 0) is 18.3 Å². The van der Waals surface area contributed by atoms with Crippen LogP contribution in [0.15, 0.2) is 30.6 Å². The number of carbonyl (C=O) groups is 1. The number of likely N-dealkylation sites (tertiary alicyclic amines) is 1. The highest BCUT2D eigenvalue weighted by Crippen LogP contribution is 2.33. The fourth-order valence-electron chi connectivity index (χ4n) is 3.36. The first kappa shape index (κ1) is 17.6. The van der Waals surface area contributed by atoms with Gasteiger partial charge in [0.1, 0.15) is 6.33 Å². The summed E-state index contributed by atoms with van der Waals surface area (Å²) in [5.41, 5.74) is 1.82. The molecule has 2 heterocycles. The maximum Gasteiger partial charge on any atom is 0.254 e. The van der Waals surface area contributed by atoms with Crippen LogP contribution in [0.2, 0.25) is 0 Å². The molecule has 1 fully saturated rings. The number of hydrogen-bond donors (Lipinski definition) is 0. The molecule has 3 rings (SSSR count). The third kappa shape index (κ3) is 3.72. The summed E-state index contributed by atoms with van der Waals surface area (Å²) in [5, 5.41) is 8.17. The maximum atomic E-state index is 13.2. The van der Waals surface area contributed by atoms with Crippen molar-refractivity contribution in [3.63, 3.8) is 0 Å². The average molecular weight is 343 g/mol. The van der Waals surface area contributed by atoms with Crippen molar-refractivity contribution in [2.24, 2.45) is 7.05 Å². The Labute approximate surface area is 148 Å². The van der Waals surface area contributed by atoms with E-state index in [1.165, 1.54) is 0 Å². The van der Waals surface area contributed by atoms with Crippen molar-refractivity contribution >= 4 is 5.91 Å². The first-order chi connectivity index (χ1) is 12.0. The number of carbonyl (C=O) groups excluding carboxylic acids is 1. The minimum absolute atomic E-state index is 0.00755. The Morgan fingerprint density at radius 1 is 1.40 bits per heavy atom. The number of hydrogen-bond acceptors (Lipinski definition) is 5. The van der Waals surface area contributed by atoms with Gasteiger partial charge in [-0.3, -0.25) is 4.79 Å². The monoisotopic (exact) mass is 343 g/mol. The van der Waals surface area contributed by atoms with Crippen molar-refractivity contribution in [3.05, 3.63) is 47.5 Å². The molecule has 134 valence electrons. The van der Waals surface area contributed by atoms with Crippen LogP contribution >= 0.6 is 0 Å². The molecule has 2 atom stereocenters. The second-order valence-corrected chi connectivity index (χ2v) is 6.80. The molecular weight excluding hydrogens is 318 g/mol. The maximum absolute atomic E-state index is 13.2. The van der Waals surface area contributed by atoms with E-state index in [1.54, 1.807) is 13.4 Å². The Bertz CT molecular complexity index is 743. The molecule has 2 aromatic rings. The highest BCUT2D eigenvalue weighted by molar-refractivity contribution is 5.94. The van der Waals surface area contributed by atoms with Gasteiger partial charge in [-0.2, -0.15) is 0 Å². The lowest BCUT2D eigenvalue weighted by Crippen LogP contribution is -2.33. The Morgan fingerprint density at radius 3 is 2.84 bits per heavy atom. The second kappa shape index (κ2) is 7.33. The van der Waals surface area contributed by atoms with Gasteiger partial charge in [-0.15, -0.1) is 10.2 Å². The van der Waals surface area contributed by atoms with E-state index < -0.39 is 0 Å². The second-order valence-electron chi connectivity index (χ2n) is 6.80. The zero-order valence-corrected chi connectivity index (χ0v) is 15.2. The summed E-state index contributed by atoms with van der Waals surface area (Å²) in [6, 6.07) is 7.69. The van der Waals surface area contributed by atoms with Gasteiger partial charge in [-0.05, 0) is 31.8 Å². The van der Waals surface area contributed by atoms with E-state index in [2.05, 4.69) is 15.1 Å². The van der Waals surface area contributed by atoms with Crippen LogP contribution in [0.5, 0.6) is 0 Å². The minimum atomic E-state index is -0.123. The lowest BCUT2D eigenvalue weighted by molar-refractivity contribution is 0.0682. The zero-order valence-electron chi connectivity index (χ0n) is 15.2. The quantitative estimate of drug-likeness (QED) is 0.823. The molecule has 0 radical (unpaired) electrons. The summed E-state index contributed by atoms with van der Waals surface area (Å²) >= 11 is 0. The van der Waals surface area contributed by atoms with E-state index in [9.17, 15) is 4.79 Å². The molecule has 7 heteroatoms. The Kier molecular flexibility index (Phi) is 5.15. The van der Waals surface area contributed by atoms with Crippen molar-refractivity contribution in [2.75, 3.05) is 27.7 Å². The van der Waals surface area contributed by atoms with E-state index >= 15 is 0 Å². The SMILES string of the molecule is CO[C@@H]1C[C@@H](c2nncn2C)N(C(=O)c2cccc(CN(C)C)c2)C1. The number of methoxy groups -OCH3 is 1. The van der Waals surface area contributed by atoms with E-state index in [0.717, 1.165) is 24.4 Å². The summed E-state index contributed by atoms with van der Waals surface area (Å²) in [7, 11) is 7.62. The Balaban J connectivity index is 1.87. The summed E-state index contributed by atoms with van der Waals surface area (Å²) in [6.07, 6.45) is 2.40. The predicted octanol–water partition coefficient (Wildman–Crippen LogP) is 1.48. The molecule has 1 aromatic carbocycles. The normalized spacial score (nSPS) is 20.4. The molecular formula is C18H25N5O2. The van der Waals surface area contributed by atoms with Crippen LogP contribution in [-0.4, -0.2) is 64.3 Å². The number of amides is 1. The van der Waals surface area contributed by atoms with E-state index in [0.29, 0.717) is 12.1 Å². The number of aromatic nitrogens is 3. The van der Waals surface area contributed by atoms with Gasteiger partial charge in [0.15, 0.2) is 5.82 Å². The molecule has 1 aromatic heterocycles. The van der Waals surface area contributed by atoms with Crippen molar-refractivity contribution in [3.8, 4) is 0 Å². The van der Waals surface area contributed by atoms with Crippen LogP contribution in [0.4, 0.5) is 0 Å². The first-order valence-electron chi connectivity index (χ1n) is 8.41. The highest BCUT2D eigenvalue weighted by atomic mass is 16.5. The van der Waals surface area contributed by atoms with Crippen LogP contribution in [0.3, 0.4) is 0 Å². The third-order valence-electron chi connectivity index (χ3n) is 4.57. The van der Waals surface area contributed by atoms with Crippen molar-refractivity contribution < 1.29 is 9.53 Å². The molecule has 0 saturated carbocycles. The van der Waals surface area contributed by atoms with Crippen LogP contribution in [0, 0.1) is 0 Å². The summed E-state index contributed by atoms with van der Waals surface area (Å²) in [5.74, 6) is 0.797. The van der Waals surface area contributed by atoms with E-state index in [-0.39, 0.29) is 18.1 Å². The van der Waals surface area contributed by atoms with Crippen LogP contribution in [0.25, 0.3) is 0 Å². The molecule has 0 N–H and O–H groups in total. The lowest BCUT2D eigenvalue weighted by Gasteiger charge is -2.24. The summed E-state index contributed by atoms with van der Waals surface area (Å²) < 4.78 is 7.38. The van der Waals surface area contributed by atoms with Gasteiger partial charge in [0.05, 0.1) is 12.1 Å². The van der Waals surface area contributed by atoms with Gasteiger partial charge < -0.3 is 19.1 Å². The highest BCUT2D eigenvalue weighted by Gasteiger charge is 2.39. The molecule has 0 aliphatic carbocycles. The third-order valence-corrected chi connectivity index (χ3v) is 4.57. The van der Waals surface area contributed by atoms with Crippen LogP contribution < -0.4 is 0 Å². The van der Waals surface area contributed by atoms with Crippen molar-refractivity contribution in [1.82, 2.24) is 24.6 Å². The Morgan fingerprint density at radius 2 is 2.20 bits per heavy atom. The van der Waals surface area contributed by atoms with E-state index in [4.69, 9.17) is 4.74 Å². The summed E-state index contributed by atoms with van der Waals surface area (Å²) in [6.45, 7) is 1.36. The Hall–Kier alpha value is -2.25. The van der Waals surface area contributed by atoms with Gasteiger partial charge in [-0.1, -0.05) is 12.1 Å². The lowest BCUT2D eigenvalue weighted by atomic mass is 10.1. The molecule has 1 amide bonds. The van der Waals surface area contributed by atoms with Crippen molar-refractivity contribution in [2.45, 2.75) is 25.1 Å². The molecule has 0 unspecified atom stereocenters. The molecule has 25 heavy (non-hydrogen) atoms. The van der Waals surface area contributed by atoms with Gasteiger partial charge in [0, 0.05) is 39.2 Å². The van der Waals surface area contributed by atoms with Gasteiger partial charge >= 0.3 is 0 Å². The average Bonchev–Trinajstić information content (AvgIpc) is 3.19. The van der Waals surface area contributed by atoms with E-state index in [1.807, 2.05) is 54.9 Å². The largest absolute Gasteiger partial charge is 0.380 e. The molecule has 1 aliphatic heterocycles. The fourth-order valence-corrected chi connectivity index (χ4v) is 3.36. The molecule has 0 spiro atoms. The number of rotatable bonds is 5. The predicted molar refractivity (Wildman–Crippen MR) is 94.0 cm³/mol.